The van der Waals surface area contributed by atoms with Crippen molar-refractivity contribution in [3.63, 3.8) is 0 Å². The third-order valence-electron chi connectivity index (χ3n) is 2.13. The maximum atomic E-state index is 11.5. The highest BCUT2D eigenvalue weighted by molar-refractivity contribution is 6.33. The first-order valence-corrected chi connectivity index (χ1v) is 4.92. The Morgan fingerprint density at radius 1 is 1.64 bits per heavy atom. The van der Waals surface area contributed by atoms with Gasteiger partial charge in [0.2, 0.25) is 0 Å². The minimum absolute atomic E-state index is 0.342. The molecule has 0 aromatic carbocycles. The van der Waals surface area contributed by atoms with Crippen molar-refractivity contribution in [1.29, 1.82) is 0 Å². The molecule has 4 heteroatoms. The van der Waals surface area contributed by atoms with Crippen LogP contribution in [0.5, 0.6) is 0 Å². The van der Waals surface area contributed by atoms with Gasteiger partial charge in [0.05, 0.1) is 17.2 Å². The average molecular weight is 212 g/mol. The second kappa shape index (κ2) is 3.96. The van der Waals surface area contributed by atoms with E-state index in [9.17, 15) is 4.79 Å². The Kier molecular flexibility index (Phi) is 2.68. The molecule has 0 radical (unpaired) electrons. The third kappa shape index (κ3) is 2.23. The highest BCUT2D eigenvalue weighted by atomic mass is 35.5. The van der Waals surface area contributed by atoms with Gasteiger partial charge in [0.25, 0.3) is 0 Å². The minimum Gasteiger partial charge on any atom is -0.462 e. The summed E-state index contributed by atoms with van der Waals surface area (Å²) in [5.74, 6) is 0.185. The fraction of sp³-hybridized carbons (Fsp3) is 0.400. The molecule has 1 aromatic rings. The number of pyridine rings is 1. The number of hydrogen-bond acceptors (Lipinski definition) is 3. The zero-order valence-corrected chi connectivity index (χ0v) is 8.33. The minimum atomic E-state index is -0.380. The first kappa shape index (κ1) is 9.46. The van der Waals surface area contributed by atoms with Gasteiger partial charge in [0, 0.05) is 12.4 Å². The lowest BCUT2D eigenvalue weighted by atomic mass is 10.3. The first-order chi connectivity index (χ1) is 6.77. The van der Waals surface area contributed by atoms with E-state index in [0.29, 0.717) is 23.1 Å². The normalized spacial score (nSPS) is 15.2. The van der Waals surface area contributed by atoms with Crippen molar-refractivity contribution in [3.8, 4) is 0 Å². The lowest BCUT2D eigenvalue weighted by Crippen LogP contribution is -2.08. The van der Waals surface area contributed by atoms with Crippen LogP contribution in [0.2, 0.25) is 5.02 Å². The summed E-state index contributed by atoms with van der Waals surface area (Å²) in [6.07, 6.45) is 5.29. The molecule has 14 heavy (non-hydrogen) atoms. The fourth-order valence-electron chi connectivity index (χ4n) is 1.08. The molecule has 3 nitrogen and oxygen atoms in total. The van der Waals surface area contributed by atoms with Crippen LogP contribution < -0.4 is 0 Å². The molecule has 0 aliphatic heterocycles. The summed E-state index contributed by atoms with van der Waals surface area (Å²) < 4.78 is 5.07. The summed E-state index contributed by atoms with van der Waals surface area (Å²) in [7, 11) is 0. The number of carbonyl (C=O) groups is 1. The van der Waals surface area contributed by atoms with Gasteiger partial charge in [0.15, 0.2) is 0 Å². The van der Waals surface area contributed by atoms with Gasteiger partial charge in [-0.2, -0.15) is 0 Å². The summed E-state index contributed by atoms with van der Waals surface area (Å²) in [6.45, 7) is 0.504. The van der Waals surface area contributed by atoms with Crippen LogP contribution in [-0.2, 0) is 4.74 Å². The number of halogens is 1. The first-order valence-electron chi connectivity index (χ1n) is 4.54. The van der Waals surface area contributed by atoms with Crippen LogP contribution in [0.25, 0.3) is 0 Å². The van der Waals surface area contributed by atoms with Gasteiger partial charge >= 0.3 is 5.97 Å². The molecule has 1 fully saturated rings. The summed E-state index contributed by atoms with van der Waals surface area (Å²) >= 11 is 5.81. The number of aromatic nitrogens is 1. The number of hydrogen-bond donors (Lipinski definition) is 0. The smallest absolute Gasteiger partial charge is 0.341 e. The predicted octanol–water partition coefficient (Wildman–Crippen LogP) is 2.30. The molecule has 0 spiro atoms. The standard InChI is InChI=1S/C10H10ClNO2/c11-9-3-4-12-5-8(9)10(13)14-6-7-1-2-7/h3-5,7H,1-2,6H2. The third-order valence-corrected chi connectivity index (χ3v) is 2.46. The van der Waals surface area contributed by atoms with Crippen molar-refractivity contribution in [1.82, 2.24) is 4.98 Å². The van der Waals surface area contributed by atoms with Crippen LogP contribution in [0.15, 0.2) is 18.5 Å². The molecule has 0 saturated heterocycles. The Balaban J connectivity index is 1.98. The van der Waals surface area contributed by atoms with Crippen LogP contribution in [-0.4, -0.2) is 17.6 Å². The number of esters is 1. The molecule has 0 unspecified atom stereocenters. The van der Waals surface area contributed by atoms with Crippen molar-refractivity contribution in [2.75, 3.05) is 6.61 Å². The van der Waals surface area contributed by atoms with Crippen molar-refractivity contribution in [2.24, 2.45) is 5.92 Å². The Bertz CT molecular complexity index is 350. The lowest BCUT2D eigenvalue weighted by molar-refractivity contribution is 0.0486. The molecule has 0 amide bonds. The van der Waals surface area contributed by atoms with E-state index in [-0.39, 0.29) is 5.97 Å². The number of ether oxygens (including phenoxy) is 1. The summed E-state index contributed by atoms with van der Waals surface area (Å²) in [5.41, 5.74) is 0.342. The van der Waals surface area contributed by atoms with E-state index in [4.69, 9.17) is 16.3 Å². The van der Waals surface area contributed by atoms with Gasteiger partial charge in [-0.25, -0.2) is 4.79 Å². The summed E-state index contributed by atoms with van der Waals surface area (Å²) in [4.78, 5) is 15.3. The van der Waals surface area contributed by atoms with Gasteiger partial charge < -0.3 is 4.74 Å². The molecule has 1 aliphatic carbocycles. The SMILES string of the molecule is O=C(OCC1CC1)c1cnccc1Cl. The number of rotatable bonds is 3. The lowest BCUT2D eigenvalue weighted by Gasteiger charge is -2.03. The highest BCUT2D eigenvalue weighted by Crippen LogP contribution is 2.29. The zero-order valence-electron chi connectivity index (χ0n) is 7.57. The van der Waals surface area contributed by atoms with Crippen molar-refractivity contribution in [3.05, 3.63) is 29.0 Å². The Morgan fingerprint density at radius 2 is 2.43 bits per heavy atom. The van der Waals surface area contributed by atoms with Gasteiger partial charge in [-0.1, -0.05) is 11.6 Å². The molecule has 2 rings (SSSR count). The molecule has 1 aromatic heterocycles. The van der Waals surface area contributed by atoms with Gasteiger partial charge in [-0.3, -0.25) is 4.98 Å². The molecule has 1 aliphatic rings. The van der Waals surface area contributed by atoms with Gasteiger partial charge in [-0.05, 0) is 24.8 Å². The number of nitrogens with zero attached hydrogens (tertiary/aromatic N) is 1. The molecule has 74 valence electrons. The van der Waals surface area contributed by atoms with E-state index in [0.717, 1.165) is 12.8 Å². The van der Waals surface area contributed by atoms with Crippen LogP contribution >= 0.6 is 11.6 Å². The maximum Gasteiger partial charge on any atom is 0.341 e. The largest absolute Gasteiger partial charge is 0.462 e. The van der Waals surface area contributed by atoms with Crippen molar-refractivity contribution in [2.45, 2.75) is 12.8 Å². The molecule has 1 heterocycles. The molecule has 0 atom stereocenters. The second-order valence-electron chi connectivity index (χ2n) is 3.40. The Morgan fingerprint density at radius 3 is 3.07 bits per heavy atom. The van der Waals surface area contributed by atoms with E-state index < -0.39 is 0 Å². The summed E-state index contributed by atoms with van der Waals surface area (Å²) in [5, 5.41) is 0.390. The second-order valence-corrected chi connectivity index (χ2v) is 3.80. The average Bonchev–Trinajstić information content (AvgIpc) is 2.98. The maximum absolute atomic E-state index is 11.5. The van der Waals surface area contributed by atoms with Crippen molar-refractivity contribution < 1.29 is 9.53 Å². The van der Waals surface area contributed by atoms with E-state index in [1.807, 2.05) is 0 Å². The van der Waals surface area contributed by atoms with E-state index in [2.05, 4.69) is 4.98 Å². The molecule has 0 N–H and O–H groups in total. The molecular formula is C10H10ClNO2. The Labute approximate surface area is 87.0 Å². The predicted molar refractivity (Wildman–Crippen MR) is 52.3 cm³/mol. The topological polar surface area (TPSA) is 39.2 Å². The van der Waals surface area contributed by atoms with Crippen LogP contribution in [0.4, 0.5) is 0 Å². The fourth-order valence-corrected chi connectivity index (χ4v) is 1.27. The highest BCUT2D eigenvalue weighted by Gasteiger charge is 2.23. The zero-order chi connectivity index (χ0) is 9.97. The van der Waals surface area contributed by atoms with Crippen LogP contribution in [0, 0.1) is 5.92 Å². The monoisotopic (exact) mass is 211 g/mol. The van der Waals surface area contributed by atoms with Gasteiger partial charge in [-0.15, -0.1) is 0 Å². The van der Waals surface area contributed by atoms with Gasteiger partial charge in [0.1, 0.15) is 0 Å². The number of carbonyl (C=O) groups excluding carboxylic acids is 1. The van der Waals surface area contributed by atoms with E-state index in [1.54, 1.807) is 12.3 Å². The van der Waals surface area contributed by atoms with E-state index >= 15 is 0 Å². The summed E-state index contributed by atoms with van der Waals surface area (Å²) in [6, 6.07) is 1.58. The van der Waals surface area contributed by atoms with Crippen LogP contribution in [0.3, 0.4) is 0 Å². The van der Waals surface area contributed by atoms with Crippen molar-refractivity contribution >= 4 is 17.6 Å². The molecule has 0 bridgehead atoms. The van der Waals surface area contributed by atoms with E-state index in [1.165, 1.54) is 6.20 Å². The van der Waals surface area contributed by atoms with Crippen LogP contribution in [0.1, 0.15) is 23.2 Å². The Hall–Kier alpha value is -1.09. The quantitative estimate of drug-likeness (QED) is 0.721. The molecular weight excluding hydrogens is 202 g/mol. The molecule has 1 saturated carbocycles.